The van der Waals surface area contributed by atoms with E-state index in [-0.39, 0.29) is 17.9 Å². The first-order valence-electron chi connectivity index (χ1n) is 4.66. The van der Waals surface area contributed by atoms with Crippen LogP contribution in [0.4, 0.5) is 0 Å². The maximum atomic E-state index is 11.9. The summed E-state index contributed by atoms with van der Waals surface area (Å²) < 4.78 is 24.7. The summed E-state index contributed by atoms with van der Waals surface area (Å²) in [5.41, 5.74) is 2.50. The van der Waals surface area contributed by atoms with Crippen molar-refractivity contribution in [1.82, 2.24) is 8.05 Å². The van der Waals surface area contributed by atoms with Gasteiger partial charge in [0.25, 0.3) is 10.0 Å². The minimum absolute atomic E-state index is 0.0460. The Morgan fingerprint density at radius 1 is 1.35 bits per heavy atom. The third-order valence-electron chi connectivity index (χ3n) is 1.83. The van der Waals surface area contributed by atoms with Gasteiger partial charge in [0.1, 0.15) is 0 Å². The molecule has 1 rings (SSSR count). The van der Waals surface area contributed by atoms with Crippen LogP contribution in [0.3, 0.4) is 0 Å². The predicted octanol–water partition coefficient (Wildman–Crippen LogP) is 1.01. The van der Waals surface area contributed by atoms with Gasteiger partial charge in [-0.15, -0.1) is 0 Å². The molecular formula is C9H11IN2O4S. The SMILES string of the molecule is O=C(O)CCNN(I)S(=O)(=O)c1ccccc1. The summed E-state index contributed by atoms with van der Waals surface area (Å²) in [6.45, 7) is 0.0460. The Bertz CT molecular complexity index is 477. The molecule has 0 spiro atoms. The smallest absolute Gasteiger partial charge is 0.304 e. The molecular weight excluding hydrogens is 359 g/mol. The molecule has 6 nitrogen and oxygen atoms in total. The fourth-order valence-electron chi connectivity index (χ4n) is 1.02. The lowest BCUT2D eigenvalue weighted by molar-refractivity contribution is -0.136. The molecule has 8 heteroatoms. The van der Waals surface area contributed by atoms with Gasteiger partial charge in [0.15, 0.2) is 0 Å². The summed E-state index contributed by atoms with van der Waals surface area (Å²) in [5.74, 6) is -0.987. The maximum absolute atomic E-state index is 11.9. The van der Waals surface area contributed by atoms with Crippen molar-refractivity contribution in [3.8, 4) is 0 Å². The Kier molecular flexibility index (Phi) is 5.31. The van der Waals surface area contributed by atoms with Gasteiger partial charge >= 0.3 is 5.97 Å². The van der Waals surface area contributed by atoms with Gasteiger partial charge in [-0.1, -0.05) is 20.8 Å². The second-order valence-corrected chi connectivity index (χ2v) is 6.49. The van der Waals surface area contributed by atoms with E-state index in [0.29, 0.717) is 0 Å². The normalized spacial score (nSPS) is 11.6. The number of nitrogens with one attached hydrogen (secondary N) is 1. The van der Waals surface area contributed by atoms with Gasteiger partial charge in [0, 0.05) is 6.54 Å². The molecule has 0 aliphatic heterocycles. The number of hydrogen-bond donors (Lipinski definition) is 2. The van der Waals surface area contributed by atoms with Crippen molar-refractivity contribution in [3.05, 3.63) is 30.3 Å². The molecule has 0 aliphatic rings. The van der Waals surface area contributed by atoms with Gasteiger partial charge in [0.05, 0.1) is 34.2 Å². The summed E-state index contributed by atoms with van der Waals surface area (Å²) in [5, 5.41) is 8.44. The number of aliphatic carboxylic acids is 1. The molecule has 0 amide bonds. The molecule has 17 heavy (non-hydrogen) atoms. The molecule has 1 aromatic rings. The Morgan fingerprint density at radius 2 is 1.94 bits per heavy atom. The molecule has 0 radical (unpaired) electrons. The van der Waals surface area contributed by atoms with E-state index in [9.17, 15) is 13.2 Å². The number of carbonyl (C=O) groups is 1. The molecule has 0 aliphatic carbocycles. The topological polar surface area (TPSA) is 86.7 Å². The molecule has 0 heterocycles. The quantitative estimate of drug-likeness (QED) is 0.444. The van der Waals surface area contributed by atoms with Crippen molar-refractivity contribution in [2.75, 3.05) is 6.54 Å². The highest BCUT2D eigenvalue weighted by molar-refractivity contribution is 14.1. The standard InChI is InChI=1S/C9H11IN2O4S/c10-12(11-7-6-9(13)14)17(15,16)8-4-2-1-3-5-8/h1-5,11H,6-7H2,(H,13,14). The second kappa shape index (κ2) is 6.28. The van der Waals surface area contributed by atoms with Crippen LogP contribution in [0.15, 0.2) is 35.2 Å². The van der Waals surface area contributed by atoms with Crippen molar-refractivity contribution in [2.45, 2.75) is 11.3 Å². The average molecular weight is 370 g/mol. The lowest BCUT2D eigenvalue weighted by atomic mass is 10.4. The fourth-order valence-corrected chi connectivity index (χ4v) is 2.89. The molecule has 0 fully saturated rings. The Morgan fingerprint density at radius 3 is 2.47 bits per heavy atom. The third-order valence-corrected chi connectivity index (χ3v) is 5.14. The number of carboxylic acid groups (broad SMARTS) is 1. The van der Waals surface area contributed by atoms with Crippen LogP contribution in [0.2, 0.25) is 0 Å². The van der Waals surface area contributed by atoms with E-state index in [4.69, 9.17) is 5.11 Å². The van der Waals surface area contributed by atoms with E-state index in [0.717, 1.165) is 2.63 Å². The number of halogens is 1. The molecule has 0 atom stereocenters. The predicted molar refractivity (Wildman–Crippen MR) is 69.7 cm³/mol. The highest BCUT2D eigenvalue weighted by Crippen LogP contribution is 2.16. The number of sulfonamides is 1. The van der Waals surface area contributed by atoms with Gasteiger partial charge in [-0.05, 0) is 12.1 Å². The number of rotatable bonds is 6. The molecule has 94 valence electrons. The zero-order chi connectivity index (χ0) is 12.9. The van der Waals surface area contributed by atoms with Gasteiger partial charge in [-0.25, -0.2) is 13.8 Å². The van der Waals surface area contributed by atoms with Crippen molar-refractivity contribution in [3.63, 3.8) is 0 Å². The minimum atomic E-state index is -3.62. The molecule has 0 aromatic heterocycles. The average Bonchev–Trinajstić information content (AvgIpc) is 2.29. The molecule has 1 aromatic carbocycles. The van der Waals surface area contributed by atoms with Crippen LogP contribution < -0.4 is 5.43 Å². The van der Waals surface area contributed by atoms with Crippen LogP contribution in [0, 0.1) is 0 Å². The van der Waals surface area contributed by atoms with Gasteiger partial charge in [-0.3, -0.25) is 4.79 Å². The highest BCUT2D eigenvalue weighted by Gasteiger charge is 2.21. The lowest BCUT2D eigenvalue weighted by Gasteiger charge is -2.15. The van der Waals surface area contributed by atoms with E-state index >= 15 is 0 Å². The van der Waals surface area contributed by atoms with Crippen LogP contribution in [0.1, 0.15) is 6.42 Å². The summed E-state index contributed by atoms with van der Waals surface area (Å²) in [7, 11) is -3.62. The summed E-state index contributed by atoms with van der Waals surface area (Å²) in [4.78, 5) is 10.4. The van der Waals surface area contributed by atoms with Crippen molar-refractivity contribution in [1.29, 1.82) is 0 Å². The van der Waals surface area contributed by atoms with Crippen LogP contribution in [-0.2, 0) is 14.8 Å². The van der Waals surface area contributed by atoms with Crippen LogP contribution in [0.25, 0.3) is 0 Å². The van der Waals surface area contributed by atoms with Crippen LogP contribution in [0.5, 0.6) is 0 Å². The molecule has 0 bridgehead atoms. The highest BCUT2D eigenvalue weighted by atomic mass is 127. The van der Waals surface area contributed by atoms with Crippen molar-refractivity contribution < 1.29 is 18.3 Å². The lowest BCUT2D eigenvalue weighted by Crippen LogP contribution is -2.35. The summed E-state index contributed by atoms with van der Waals surface area (Å²) in [6.07, 6.45) is -0.149. The Labute approximate surface area is 113 Å². The first kappa shape index (κ1) is 14.4. The van der Waals surface area contributed by atoms with Crippen LogP contribution >= 0.6 is 22.9 Å². The van der Waals surface area contributed by atoms with E-state index in [1.54, 1.807) is 41.1 Å². The summed E-state index contributed by atoms with van der Waals surface area (Å²) in [6, 6.07) is 7.90. The Balaban J connectivity index is 2.68. The van der Waals surface area contributed by atoms with E-state index < -0.39 is 16.0 Å². The number of benzene rings is 1. The minimum Gasteiger partial charge on any atom is -0.481 e. The fraction of sp³-hybridized carbons (Fsp3) is 0.222. The van der Waals surface area contributed by atoms with E-state index in [1.165, 1.54) is 12.1 Å². The number of hydrazine groups is 1. The van der Waals surface area contributed by atoms with Crippen molar-refractivity contribution >= 4 is 38.9 Å². The number of nitrogens with zero attached hydrogens (tertiary/aromatic N) is 1. The van der Waals surface area contributed by atoms with Crippen LogP contribution in [-0.4, -0.2) is 28.7 Å². The largest absolute Gasteiger partial charge is 0.481 e. The third kappa shape index (κ3) is 4.22. The first-order valence-corrected chi connectivity index (χ1v) is 7.06. The molecule has 2 N–H and O–H groups in total. The molecule has 0 saturated heterocycles. The molecule has 0 saturated carbocycles. The number of carboxylic acids is 1. The number of hydrogen-bond acceptors (Lipinski definition) is 4. The Hall–Kier alpha value is -0.710. The monoisotopic (exact) mass is 370 g/mol. The molecule has 0 unspecified atom stereocenters. The summed E-state index contributed by atoms with van der Waals surface area (Å²) >= 11 is 1.58. The van der Waals surface area contributed by atoms with Gasteiger partial charge in [0.2, 0.25) is 0 Å². The zero-order valence-corrected chi connectivity index (χ0v) is 11.7. The maximum Gasteiger partial charge on any atom is 0.304 e. The van der Waals surface area contributed by atoms with Crippen molar-refractivity contribution in [2.24, 2.45) is 0 Å². The van der Waals surface area contributed by atoms with E-state index in [2.05, 4.69) is 5.43 Å². The zero-order valence-electron chi connectivity index (χ0n) is 8.71. The van der Waals surface area contributed by atoms with Gasteiger partial charge in [-0.2, -0.15) is 0 Å². The second-order valence-electron chi connectivity index (χ2n) is 3.08. The van der Waals surface area contributed by atoms with E-state index in [1.807, 2.05) is 0 Å². The first-order chi connectivity index (χ1) is 7.94. The van der Waals surface area contributed by atoms with Gasteiger partial charge < -0.3 is 5.11 Å².